The second kappa shape index (κ2) is 6.09. The van der Waals surface area contributed by atoms with Gasteiger partial charge in [-0.15, -0.1) is 0 Å². The molecule has 0 amide bonds. The molecule has 0 aliphatic carbocycles. The summed E-state index contributed by atoms with van der Waals surface area (Å²) in [5, 5.41) is 0. The van der Waals surface area contributed by atoms with E-state index in [1.165, 1.54) is 25.3 Å². The van der Waals surface area contributed by atoms with Gasteiger partial charge >= 0.3 is 12.4 Å². The van der Waals surface area contributed by atoms with Crippen LogP contribution in [0.3, 0.4) is 0 Å². The van der Waals surface area contributed by atoms with Gasteiger partial charge in [0.25, 0.3) is 6.36 Å². The lowest BCUT2D eigenvalue weighted by atomic mass is 10.1. The highest BCUT2D eigenvalue weighted by molar-refractivity contribution is 5.90. The first-order valence-electron chi connectivity index (χ1n) is 4.92. The molecule has 0 spiro atoms. The van der Waals surface area contributed by atoms with Crippen molar-refractivity contribution in [3.05, 3.63) is 35.9 Å². The minimum absolute atomic E-state index is 0.0615. The van der Waals surface area contributed by atoms with Crippen molar-refractivity contribution in [3.63, 3.8) is 0 Å². The summed E-state index contributed by atoms with van der Waals surface area (Å²) < 4.78 is 45.6. The zero-order valence-electron chi connectivity index (χ0n) is 9.53. The Morgan fingerprint density at radius 2 is 2.00 bits per heavy atom. The first kappa shape index (κ1) is 14.1. The monoisotopic (exact) mass is 260 g/mol. The highest BCUT2D eigenvalue weighted by Crippen LogP contribution is 2.22. The number of halogens is 3. The molecule has 18 heavy (non-hydrogen) atoms. The molecule has 1 rings (SSSR count). The molecule has 1 aromatic rings. The second-order valence-electron chi connectivity index (χ2n) is 3.29. The molecule has 0 bridgehead atoms. The van der Waals surface area contributed by atoms with Crippen LogP contribution >= 0.6 is 0 Å². The molecule has 3 nitrogen and oxygen atoms in total. The molecular weight excluding hydrogens is 249 g/mol. The van der Waals surface area contributed by atoms with Gasteiger partial charge in [0.2, 0.25) is 0 Å². The van der Waals surface area contributed by atoms with Gasteiger partial charge in [0.1, 0.15) is 5.75 Å². The van der Waals surface area contributed by atoms with E-state index in [1.54, 1.807) is 0 Å². The lowest BCUT2D eigenvalue weighted by molar-refractivity contribution is -0.0669. The van der Waals surface area contributed by atoms with Crippen LogP contribution in [0.4, 0.5) is 13.2 Å². The van der Waals surface area contributed by atoms with Crippen molar-refractivity contribution in [1.82, 2.24) is 0 Å². The molecule has 1 aromatic carbocycles. The number of carbonyl (C=O) groups excluding carboxylic acids is 1. The summed E-state index contributed by atoms with van der Waals surface area (Å²) in [5.41, 5.74) is 0.487. The lowest BCUT2D eigenvalue weighted by Gasteiger charge is -2.12. The van der Waals surface area contributed by atoms with Crippen molar-refractivity contribution in [2.24, 2.45) is 0 Å². The van der Waals surface area contributed by atoms with Gasteiger partial charge in [-0.3, -0.25) is 0 Å². The van der Waals surface area contributed by atoms with Crippen LogP contribution in [0.25, 0.3) is 6.08 Å². The maximum atomic E-state index is 12.7. The topological polar surface area (TPSA) is 35.5 Å². The van der Waals surface area contributed by atoms with Gasteiger partial charge in [-0.1, -0.05) is 12.7 Å². The van der Waals surface area contributed by atoms with Gasteiger partial charge < -0.3 is 9.47 Å². The molecule has 0 saturated heterocycles. The van der Waals surface area contributed by atoms with Gasteiger partial charge in [0.05, 0.1) is 12.7 Å². The number of hydrogen-bond donors (Lipinski definition) is 0. The third kappa shape index (κ3) is 3.51. The molecule has 0 N–H and O–H groups in total. The number of carbonyl (C=O) groups is 1. The fourth-order valence-corrected chi connectivity index (χ4v) is 1.23. The van der Waals surface area contributed by atoms with Gasteiger partial charge in [-0.2, -0.15) is 4.39 Å². The van der Waals surface area contributed by atoms with E-state index in [1.807, 2.05) is 0 Å². The third-order valence-electron chi connectivity index (χ3n) is 2.03. The third-order valence-corrected chi connectivity index (χ3v) is 2.03. The van der Waals surface area contributed by atoms with Crippen LogP contribution in [0.1, 0.15) is 15.9 Å². The fourth-order valence-electron chi connectivity index (χ4n) is 1.23. The summed E-state index contributed by atoms with van der Waals surface area (Å²) >= 11 is 0. The zero-order chi connectivity index (χ0) is 13.7. The van der Waals surface area contributed by atoms with E-state index < -0.39 is 18.8 Å². The van der Waals surface area contributed by atoms with Gasteiger partial charge in [-0.05, 0) is 23.8 Å². The van der Waals surface area contributed by atoms with E-state index in [9.17, 15) is 18.0 Å². The first-order valence-corrected chi connectivity index (χ1v) is 4.92. The number of ether oxygens (including phenoxy) is 2. The van der Waals surface area contributed by atoms with Crippen LogP contribution in [-0.4, -0.2) is 25.9 Å². The predicted octanol–water partition coefficient (Wildman–Crippen LogP) is 3.06. The Bertz CT molecular complexity index is 446. The van der Waals surface area contributed by atoms with Gasteiger partial charge in [0.15, 0.2) is 0 Å². The van der Waals surface area contributed by atoms with E-state index in [0.29, 0.717) is 5.56 Å². The maximum Gasteiger partial charge on any atom is 0.338 e. The molecule has 1 unspecified atom stereocenters. The quantitative estimate of drug-likeness (QED) is 0.763. The lowest BCUT2D eigenvalue weighted by Crippen LogP contribution is -2.19. The van der Waals surface area contributed by atoms with E-state index >= 15 is 0 Å². The Morgan fingerprint density at radius 1 is 1.33 bits per heavy atom. The summed E-state index contributed by atoms with van der Waals surface area (Å²) in [4.78, 5) is 11.3. The molecule has 1 atom stereocenters. The minimum Gasteiger partial charge on any atom is -0.465 e. The Morgan fingerprint density at radius 3 is 2.50 bits per heavy atom. The molecule has 0 fully saturated rings. The van der Waals surface area contributed by atoms with Crippen LogP contribution in [0.5, 0.6) is 5.75 Å². The Labute approximate surface area is 102 Å². The van der Waals surface area contributed by atoms with Crippen molar-refractivity contribution < 1.29 is 27.4 Å². The molecule has 6 heteroatoms. The summed E-state index contributed by atoms with van der Waals surface area (Å²) in [7, 11) is 1.17. The van der Waals surface area contributed by atoms with Gasteiger partial charge in [-0.25, -0.2) is 13.6 Å². The summed E-state index contributed by atoms with van der Waals surface area (Å²) in [5.74, 6) is -0.878. The van der Waals surface area contributed by atoms with Crippen molar-refractivity contribution in [1.29, 1.82) is 0 Å². The smallest absolute Gasteiger partial charge is 0.338 e. The van der Waals surface area contributed by atoms with Crippen LogP contribution < -0.4 is 4.74 Å². The van der Waals surface area contributed by atoms with Gasteiger partial charge in [0, 0.05) is 0 Å². The number of alkyl halides is 3. The van der Waals surface area contributed by atoms with Crippen molar-refractivity contribution in [2.75, 3.05) is 7.11 Å². The summed E-state index contributed by atoms with van der Waals surface area (Å²) in [6.45, 7) is 3.46. The summed E-state index contributed by atoms with van der Waals surface area (Å²) in [6.07, 6.45) is -4.65. The van der Waals surface area contributed by atoms with E-state index in [-0.39, 0.29) is 11.3 Å². The molecule has 0 aliphatic heterocycles. The van der Waals surface area contributed by atoms with E-state index in [0.717, 1.165) is 6.07 Å². The second-order valence-corrected chi connectivity index (χ2v) is 3.29. The average molecular weight is 260 g/mol. The normalized spacial score (nSPS) is 12.1. The van der Waals surface area contributed by atoms with Crippen LogP contribution in [0.15, 0.2) is 24.8 Å². The zero-order valence-corrected chi connectivity index (χ0v) is 9.53. The van der Waals surface area contributed by atoms with Crippen molar-refractivity contribution in [2.45, 2.75) is 12.8 Å². The van der Waals surface area contributed by atoms with Crippen LogP contribution in [-0.2, 0) is 4.74 Å². The fraction of sp³-hybridized carbons (Fsp3) is 0.250. The molecule has 98 valence electrons. The predicted molar refractivity (Wildman–Crippen MR) is 59.4 cm³/mol. The van der Waals surface area contributed by atoms with E-state index in [4.69, 9.17) is 0 Å². The Balaban J connectivity index is 3.04. The molecule has 0 radical (unpaired) electrons. The van der Waals surface area contributed by atoms with Crippen LogP contribution in [0.2, 0.25) is 0 Å². The Kier molecular flexibility index (Phi) is 4.76. The summed E-state index contributed by atoms with van der Waals surface area (Å²) in [6, 6.07) is 3.82. The first-order chi connectivity index (χ1) is 8.47. The van der Waals surface area contributed by atoms with Crippen molar-refractivity contribution in [3.8, 4) is 5.75 Å². The average Bonchev–Trinajstić information content (AvgIpc) is 2.37. The van der Waals surface area contributed by atoms with E-state index in [2.05, 4.69) is 16.1 Å². The molecule has 0 aliphatic rings. The SMILES string of the molecule is C=Cc1cc(OC(F)C(F)F)cc(C(=O)OC)c1. The maximum absolute atomic E-state index is 12.7. The highest BCUT2D eigenvalue weighted by Gasteiger charge is 2.21. The molecule has 0 aromatic heterocycles. The number of rotatable bonds is 5. The minimum atomic E-state index is -3.26. The standard InChI is InChI=1S/C12H11F3O3/c1-3-7-4-8(12(16)17-2)6-9(5-7)18-11(15)10(13)14/h3-6,10-11H,1H2,2H3. The number of benzene rings is 1. The largest absolute Gasteiger partial charge is 0.465 e. The van der Waals surface area contributed by atoms with Crippen LogP contribution in [0, 0.1) is 0 Å². The molecule has 0 saturated carbocycles. The number of hydrogen-bond acceptors (Lipinski definition) is 3. The number of esters is 1. The Hall–Kier alpha value is -1.98. The van der Waals surface area contributed by atoms with Crippen molar-refractivity contribution >= 4 is 12.0 Å². The number of methoxy groups -OCH3 is 1. The molecule has 0 heterocycles. The molecular formula is C12H11F3O3. The highest BCUT2D eigenvalue weighted by atomic mass is 19.3.